The summed E-state index contributed by atoms with van der Waals surface area (Å²) in [5.41, 5.74) is 1.91. The van der Waals surface area contributed by atoms with Crippen LogP contribution in [0.4, 0.5) is 5.69 Å². The Bertz CT molecular complexity index is 627. The Morgan fingerprint density at radius 3 is 2.59 bits per heavy atom. The summed E-state index contributed by atoms with van der Waals surface area (Å²) >= 11 is 5.92. The second kappa shape index (κ2) is 6.84. The van der Waals surface area contributed by atoms with Crippen LogP contribution in [0.3, 0.4) is 0 Å². The molecular weight excluding hydrogens is 296 g/mol. The summed E-state index contributed by atoms with van der Waals surface area (Å²) in [6.45, 7) is 2.71. The maximum atomic E-state index is 12.1. The summed E-state index contributed by atoms with van der Waals surface area (Å²) in [6.07, 6.45) is 1.09. The number of anilines is 1. The zero-order chi connectivity index (χ0) is 15.4. The second-order valence-corrected chi connectivity index (χ2v) is 6.09. The van der Waals surface area contributed by atoms with Crippen LogP contribution in [-0.2, 0) is 0 Å². The van der Waals surface area contributed by atoms with Crippen molar-refractivity contribution < 1.29 is 4.79 Å². The van der Waals surface area contributed by atoms with Gasteiger partial charge in [0.05, 0.1) is 0 Å². The van der Waals surface area contributed by atoms with Crippen LogP contribution in [0.25, 0.3) is 0 Å². The van der Waals surface area contributed by atoms with E-state index in [-0.39, 0.29) is 5.91 Å². The van der Waals surface area contributed by atoms with Crippen LogP contribution in [0.5, 0.6) is 0 Å². The van der Waals surface area contributed by atoms with Crippen molar-refractivity contribution in [3.05, 3.63) is 65.2 Å². The minimum Gasteiger partial charge on any atom is -0.371 e. The lowest BCUT2D eigenvalue weighted by Gasteiger charge is -2.19. The smallest absolute Gasteiger partial charge is 0.251 e. The van der Waals surface area contributed by atoms with E-state index in [2.05, 4.69) is 10.2 Å². The molecule has 0 radical (unpaired) electrons. The molecule has 4 heteroatoms. The summed E-state index contributed by atoms with van der Waals surface area (Å²) < 4.78 is 0. The highest BCUT2D eigenvalue weighted by Gasteiger charge is 2.23. The lowest BCUT2D eigenvalue weighted by Crippen LogP contribution is -2.30. The average molecular weight is 315 g/mol. The van der Waals surface area contributed by atoms with Crippen molar-refractivity contribution in [1.82, 2.24) is 5.32 Å². The maximum Gasteiger partial charge on any atom is 0.251 e. The number of nitrogens with one attached hydrogen (secondary N) is 1. The molecule has 0 bridgehead atoms. The van der Waals surface area contributed by atoms with Gasteiger partial charge >= 0.3 is 0 Å². The number of hydrogen-bond donors (Lipinski definition) is 1. The van der Waals surface area contributed by atoms with Gasteiger partial charge in [-0.2, -0.15) is 0 Å². The van der Waals surface area contributed by atoms with Gasteiger partial charge in [0.25, 0.3) is 5.91 Å². The van der Waals surface area contributed by atoms with Crippen LogP contribution in [0.1, 0.15) is 16.8 Å². The van der Waals surface area contributed by atoms with Crippen LogP contribution < -0.4 is 10.2 Å². The van der Waals surface area contributed by atoms with Crippen molar-refractivity contribution in [2.75, 3.05) is 24.5 Å². The molecule has 1 atom stereocenters. The van der Waals surface area contributed by atoms with Crippen LogP contribution >= 0.6 is 11.6 Å². The summed E-state index contributed by atoms with van der Waals surface area (Å²) in [5.74, 6) is 0.494. The van der Waals surface area contributed by atoms with E-state index in [0.717, 1.165) is 36.6 Å². The van der Waals surface area contributed by atoms with Crippen molar-refractivity contribution in [3.8, 4) is 0 Å². The first-order valence-corrected chi connectivity index (χ1v) is 7.94. The molecule has 0 aromatic heterocycles. The first kappa shape index (κ1) is 14.9. The highest BCUT2D eigenvalue weighted by molar-refractivity contribution is 6.30. The normalized spacial score (nSPS) is 17.5. The van der Waals surface area contributed by atoms with Gasteiger partial charge in [0, 0.05) is 35.9 Å². The van der Waals surface area contributed by atoms with E-state index in [1.807, 2.05) is 54.6 Å². The van der Waals surface area contributed by atoms with E-state index in [0.29, 0.717) is 5.92 Å². The standard InChI is InChI=1S/C18H19ClN2O/c19-16-6-8-17(9-7-16)21-11-10-14(13-21)12-20-18(22)15-4-2-1-3-5-15/h1-9,14H,10-13H2,(H,20,22). The largest absolute Gasteiger partial charge is 0.371 e. The zero-order valence-electron chi connectivity index (χ0n) is 12.3. The van der Waals surface area contributed by atoms with Gasteiger partial charge in [-0.1, -0.05) is 29.8 Å². The van der Waals surface area contributed by atoms with E-state index >= 15 is 0 Å². The second-order valence-electron chi connectivity index (χ2n) is 5.65. The number of amides is 1. The summed E-state index contributed by atoms with van der Waals surface area (Å²) in [6, 6.07) is 17.3. The molecule has 0 spiro atoms. The number of benzene rings is 2. The van der Waals surface area contributed by atoms with Gasteiger partial charge < -0.3 is 10.2 Å². The molecule has 0 saturated carbocycles. The third-order valence-corrected chi connectivity index (χ3v) is 4.32. The first-order valence-electron chi connectivity index (χ1n) is 7.56. The summed E-state index contributed by atoms with van der Waals surface area (Å²) in [7, 11) is 0. The van der Waals surface area contributed by atoms with Crippen LogP contribution in [0, 0.1) is 5.92 Å². The summed E-state index contributed by atoms with van der Waals surface area (Å²) in [4.78, 5) is 14.4. The van der Waals surface area contributed by atoms with E-state index in [1.54, 1.807) is 0 Å². The Hall–Kier alpha value is -2.00. The van der Waals surface area contributed by atoms with Crippen molar-refractivity contribution in [3.63, 3.8) is 0 Å². The average Bonchev–Trinajstić information content (AvgIpc) is 3.03. The molecule has 1 heterocycles. The van der Waals surface area contributed by atoms with Gasteiger partial charge in [-0.05, 0) is 48.7 Å². The molecule has 3 nitrogen and oxygen atoms in total. The predicted octanol–water partition coefficient (Wildman–Crippen LogP) is 3.60. The van der Waals surface area contributed by atoms with Crippen molar-refractivity contribution in [2.24, 2.45) is 5.92 Å². The molecule has 114 valence electrons. The molecule has 1 amide bonds. The summed E-state index contributed by atoms with van der Waals surface area (Å²) in [5, 5.41) is 3.79. The fourth-order valence-electron chi connectivity index (χ4n) is 2.81. The van der Waals surface area contributed by atoms with Crippen molar-refractivity contribution in [2.45, 2.75) is 6.42 Å². The molecular formula is C18H19ClN2O. The minimum absolute atomic E-state index is 0.00513. The molecule has 2 aromatic carbocycles. The number of carbonyl (C=O) groups is 1. The highest BCUT2D eigenvalue weighted by Crippen LogP contribution is 2.24. The molecule has 1 unspecified atom stereocenters. The molecule has 22 heavy (non-hydrogen) atoms. The lowest BCUT2D eigenvalue weighted by molar-refractivity contribution is 0.0948. The van der Waals surface area contributed by atoms with E-state index in [1.165, 1.54) is 5.69 Å². The van der Waals surface area contributed by atoms with Crippen molar-refractivity contribution >= 4 is 23.2 Å². The predicted molar refractivity (Wildman–Crippen MR) is 90.5 cm³/mol. The van der Waals surface area contributed by atoms with Gasteiger partial charge in [-0.3, -0.25) is 4.79 Å². The van der Waals surface area contributed by atoms with Crippen LogP contribution in [0.15, 0.2) is 54.6 Å². The molecule has 1 aliphatic heterocycles. The van der Waals surface area contributed by atoms with Gasteiger partial charge in [0.2, 0.25) is 0 Å². The minimum atomic E-state index is 0.00513. The maximum absolute atomic E-state index is 12.1. The van der Waals surface area contributed by atoms with Gasteiger partial charge in [0.15, 0.2) is 0 Å². The van der Waals surface area contributed by atoms with Crippen LogP contribution in [0.2, 0.25) is 5.02 Å². The Morgan fingerprint density at radius 2 is 1.86 bits per heavy atom. The molecule has 1 aliphatic rings. The quantitative estimate of drug-likeness (QED) is 0.935. The number of rotatable bonds is 4. The molecule has 1 saturated heterocycles. The Balaban J connectivity index is 1.51. The SMILES string of the molecule is O=C(NCC1CCN(c2ccc(Cl)cc2)C1)c1ccccc1. The molecule has 3 rings (SSSR count). The number of halogens is 1. The molecule has 0 aliphatic carbocycles. The van der Waals surface area contributed by atoms with E-state index in [4.69, 9.17) is 11.6 Å². The molecule has 1 N–H and O–H groups in total. The molecule has 2 aromatic rings. The van der Waals surface area contributed by atoms with Crippen LogP contribution in [-0.4, -0.2) is 25.5 Å². The van der Waals surface area contributed by atoms with Gasteiger partial charge in [-0.25, -0.2) is 0 Å². The number of carbonyl (C=O) groups excluding carboxylic acids is 1. The topological polar surface area (TPSA) is 32.3 Å². The Kier molecular flexibility index (Phi) is 4.64. The lowest BCUT2D eigenvalue weighted by atomic mass is 10.1. The fraction of sp³-hybridized carbons (Fsp3) is 0.278. The van der Waals surface area contributed by atoms with Gasteiger partial charge in [0.1, 0.15) is 0 Å². The third kappa shape index (κ3) is 3.60. The Labute approximate surface area is 135 Å². The van der Waals surface area contributed by atoms with E-state index in [9.17, 15) is 4.79 Å². The number of nitrogens with zero attached hydrogens (tertiary/aromatic N) is 1. The van der Waals surface area contributed by atoms with Crippen molar-refractivity contribution in [1.29, 1.82) is 0 Å². The monoisotopic (exact) mass is 314 g/mol. The molecule has 1 fully saturated rings. The number of hydrogen-bond acceptors (Lipinski definition) is 2. The fourth-order valence-corrected chi connectivity index (χ4v) is 2.94. The Morgan fingerprint density at radius 1 is 1.14 bits per heavy atom. The zero-order valence-corrected chi connectivity index (χ0v) is 13.1. The van der Waals surface area contributed by atoms with E-state index < -0.39 is 0 Å². The first-order chi connectivity index (χ1) is 10.7. The van der Waals surface area contributed by atoms with Gasteiger partial charge in [-0.15, -0.1) is 0 Å². The third-order valence-electron chi connectivity index (χ3n) is 4.06. The highest BCUT2D eigenvalue weighted by atomic mass is 35.5.